The summed E-state index contributed by atoms with van der Waals surface area (Å²) in [5, 5.41) is 0. The molecule has 0 aliphatic carbocycles. The van der Waals surface area contributed by atoms with Gasteiger partial charge in [-0.15, -0.1) is 0 Å². The maximum atomic E-state index is 11.7. The van der Waals surface area contributed by atoms with E-state index in [0.717, 1.165) is 17.2 Å². The predicted octanol–water partition coefficient (Wildman–Crippen LogP) is 1.49. The van der Waals surface area contributed by atoms with Crippen LogP contribution in [0.15, 0.2) is 87.5 Å². The van der Waals surface area contributed by atoms with Crippen molar-refractivity contribution in [3.8, 4) is 17.2 Å². The Bertz CT molecular complexity index is 908. The summed E-state index contributed by atoms with van der Waals surface area (Å²) in [7, 11) is 4.83. The third-order valence-electron chi connectivity index (χ3n) is 4.13. The summed E-state index contributed by atoms with van der Waals surface area (Å²) in [5.41, 5.74) is 0. The van der Waals surface area contributed by atoms with Crippen molar-refractivity contribution < 1.29 is 21.4 Å². The molecule has 0 saturated carbocycles. The fourth-order valence-corrected chi connectivity index (χ4v) is 237. The molecule has 0 aliphatic heterocycles. The second-order valence-electron chi connectivity index (χ2n) is 6.04. The van der Waals surface area contributed by atoms with Gasteiger partial charge in [0, 0.05) is 0 Å². The van der Waals surface area contributed by atoms with Crippen molar-refractivity contribution in [2.24, 2.45) is 0 Å². The molecule has 4 nitrogen and oxygen atoms in total. The first-order valence-electron chi connectivity index (χ1n) is 9.49. The van der Waals surface area contributed by atoms with E-state index in [-0.39, 0.29) is 22.0 Å². The number of methoxy groups -OCH3 is 3. The van der Waals surface area contributed by atoms with Crippen molar-refractivity contribution in [2.45, 2.75) is 14.7 Å². The van der Waals surface area contributed by atoms with Gasteiger partial charge in [-0.3, -0.25) is 0 Å². The molecule has 4 unspecified atom stereocenters. The van der Waals surface area contributed by atoms with Gasteiger partial charge in [0.15, 0.2) is 14.7 Å². The van der Waals surface area contributed by atoms with E-state index in [1.165, 1.54) is 14.7 Å². The normalized spacial score (nSPS) is 12.3. The summed E-state index contributed by atoms with van der Waals surface area (Å²) in [6.45, 7) is 0. The molecule has 0 amide bonds. The van der Waals surface area contributed by atoms with Gasteiger partial charge in [0.2, 0.25) is 0 Å². The van der Waals surface area contributed by atoms with E-state index in [1.54, 1.807) is 21.3 Å². The zero-order valence-corrected chi connectivity index (χ0v) is 31.6. The Balaban J connectivity index is 0.000000414. The Morgan fingerprint density at radius 3 is 1.33 bits per heavy atom. The average molecular weight is 843 g/mol. The number of rotatable bonds is 9. The molecule has 0 aliphatic rings. The van der Waals surface area contributed by atoms with Crippen molar-refractivity contribution in [3.63, 3.8) is 0 Å². The third kappa shape index (κ3) is 10.6. The first-order chi connectivity index (χ1) is 16.0. The van der Waals surface area contributed by atoms with Crippen LogP contribution >= 0.6 is 0 Å². The van der Waals surface area contributed by atoms with Crippen LogP contribution in [0.1, 0.15) is 0 Å². The van der Waals surface area contributed by atoms with Gasteiger partial charge in [-0.25, -0.2) is 0 Å². The van der Waals surface area contributed by atoms with Crippen LogP contribution < -0.4 is 14.2 Å². The van der Waals surface area contributed by atoms with Crippen molar-refractivity contribution in [1.29, 1.82) is 0 Å². The first-order valence-corrected chi connectivity index (χ1v) is 43.2. The Labute approximate surface area is 228 Å². The molecule has 176 valence electrons. The Morgan fingerprint density at radius 2 is 1.09 bits per heavy atom. The zero-order chi connectivity index (χ0) is 24.1. The monoisotopic (exact) mass is 843 g/mol. The quantitative estimate of drug-likeness (QED) is 0.242. The molecule has 3 rings (SSSR count). The molecule has 3 aromatic carbocycles. The summed E-state index contributed by atoms with van der Waals surface area (Å²) in [4.78, 5) is 3.70. The fraction of sp³-hybridized carbons (Fsp3) is 0.143. The van der Waals surface area contributed by atoms with E-state index in [4.69, 9.17) is 14.2 Å². The topological polar surface area (TPSA) is 44.8 Å². The van der Waals surface area contributed by atoms with Crippen molar-refractivity contribution >= 4 is 84.1 Å². The molecule has 0 N–H and O–H groups in total. The van der Waals surface area contributed by atoms with Crippen molar-refractivity contribution in [3.05, 3.63) is 72.8 Å². The van der Waals surface area contributed by atoms with E-state index in [2.05, 4.69) is 36.4 Å². The summed E-state index contributed by atoms with van der Waals surface area (Å²) in [6, 6.07) is 24.7. The van der Waals surface area contributed by atoms with Gasteiger partial charge < -0.3 is 14.2 Å². The summed E-state index contributed by atoms with van der Waals surface area (Å²) < 4.78 is 37.6. The second kappa shape index (κ2) is 17.0. The number of hydrogen-bond acceptors (Lipinski definition) is 4. The number of ether oxygens (including phenoxy) is 3. The van der Waals surface area contributed by atoms with Gasteiger partial charge in [-0.1, -0.05) is 0 Å². The summed E-state index contributed by atoms with van der Waals surface area (Å²) >= 11 is -0.0793. The van der Waals surface area contributed by atoms with Gasteiger partial charge in [0.1, 0.15) is 17.2 Å². The fourth-order valence-electron chi connectivity index (χ4n) is 2.64. The van der Waals surface area contributed by atoms with Crippen LogP contribution in [0.2, 0.25) is 0 Å². The van der Waals surface area contributed by atoms with E-state index < -0.39 is 13.0 Å². The molecule has 3 aromatic rings. The van der Waals surface area contributed by atoms with Gasteiger partial charge in [-0.2, -0.15) is 0 Å². The third-order valence-corrected chi connectivity index (χ3v) is 137. The zero-order valence-electron chi connectivity index (χ0n) is 18.3. The molecule has 0 heterocycles. The van der Waals surface area contributed by atoms with Crippen LogP contribution in [0.4, 0.5) is 3.47 Å². The second-order valence-corrected chi connectivity index (χ2v) is 76.5. The molecule has 0 saturated heterocycles. The van der Waals surface area contributed by atoms with E-state index >= 15 is 0 Å². The Morgan fingerprint density at radius 1 is 0.758 bits per heavy atom. The first kappa shape index (κ1) is 29.7. The van der Waals surface area contributed by atoms with Crippen LogP contribution in [0.25, 0.3) is 0 Å². The van der Waals surface area contributed by atoms with Gasteiger partial charge in [0.05, 0.1) is 32.2 Å². The minimum absolute atomic E-state index is 0.180. The van der Waals surface area contributed by atoms with Crippen LogP contribution in [0.5, 0.6) is 17.2 Å². The predicted molar refractivity (Wildman–Crippen MR) is 144 cm³/mol. The summed E-state index contributed by atoms with van der Waals surface area (Å²) in [6.07, 6.45) is 0. The molecule has 12 heteroatoms. The molecular formula is C21H26As6FO4S+. The average Bonchev–Trinajstić information content (AvgIpc) is 2.86. The molecule has 0 radical (unpaired) electrons. The van der Waals surface area contributed by atoms with E-state index in [9.17, 15) is 7.21 Å². The molecule has 33 heavy (non-hydrogen) atoms. The number of benzene rings is 3. The molecule has 0 fully saturated rings. The minimum atomic E-state index is -2.98. The molecular weight excluding hydrogens is 817 g/mol. The Hall–Kier alpha value is 0.491. The molecule has 0 aromatic heterocycles. The number of hydrogen-bond donors (Lipinski definition) is 0. The molecule has 0 bridgehead atoms. The molecule has 4 atom stereocenters. The van der Waals surface area contributed by atoms with Crippen LogP contribution in [-0.4, -0.2) is 94.5 Å². The van der Waals surface area contributed by atoms with Crippen LogP contribution in [0.3, 0.4) is 0 Å². The summed E-state index contributed by atoms with van der Waals surface area (Å²) in [5.74, 6) is 2.57. The van der Waals surface area contributed by atoms with E-state index in [0.29, 0.717) is 34.3 Å². The van der Waals surface area contributed by atoms with Crippen molar-refractivity contribution in [2.75, 3.05) is 21.3 Å². The van der Waals surface area contributed by atoms with E-state index in [1.807, 2.05) is 51.2 Å². The standard InChI is InChI=1S/C21H21O3S.As6FH5O/c1-22-16-4-10-19(11-5-16)25(20-12-6-17(23-2)7-13-20)21-14-8-18(24-3)9-15-21;1-2-3-4-5-6(7)8/h4-15H,1-3H3;2-3,6H,1H2/q+1;. The SMILES string of the molecule is COc1ccc([S+](c2ccc(OC)cc2)c2ccc(OC)cc2)cc1.O=[AsH](F)[As]=[As][AsH][AsH][AsH2]. The maximum absolute atomic E-state index is 11.7. The molecule has 0 spiro atoms. The van der Waals surface area contributed by atoms with Gasteiger partial charge in [-0.05, 0) is 72.8 Å². The van der Waals surface area contributed by atoms with Gasteiger partial charge >= 0.3 is 80.4 Å². The van der Waals surface area contributed by atoms with Gasteiger partial charge in [0.25, 0.3) is 0 Å². The van der Waals surface area contributed by atoms with Crippen LogP contribution in [0, 0.1) is 0 Å². The van der Waals surface area contributed by atoms with Crippen LogP contribution in [-0.2, 0) is 14.6 Å². The van der Waals surface area contributed by atoms with Crippen molar-refractivity contribution in [1.82, 2.24) is 0 Å². The Kier molecular flexibility index (Phi) is 15.3. The number of halogens is 1.